The van der Waals surface area contributed by atoms with Crippen LogP contribution in [0.1, 0.15) is 6.23 Å². The first-order chi connectivity index (χ1) is 13.5. The van der Waals surface area contributed by atoms with Crippen molar-refractivity contribution >= 4 is 17.1 Å². The highest BCUT2D eigenvalue weighted by atomic mass is 16.6. The highest BCUT2D eigenvalue weighted by molar-refractivity contribution is 5.74. The molecule has 4 rings (SSSR count). The van der Waals surface area contributed by atoms with E-state index < -0.39 is 36.7 Å². The van der Waals surface area contributed by atoms with Gasteiger partial charge in [0, 0.05) is 32.7 Å². The zero-order chi connectivity index (χ0) is 19.8. The molecule has 28 heavy (non-hydrogen) atoms. The molecule has 5 N–H and O–H groups in total. The summed E-state index contributed by atoms with van der Waals surface area (Å²) in [7, 11) is 0. The fourth-order valence-corrected chi connectivity index (χ4v) is 3.77. The van der Waals surface area contributed by atoms with E-state index in [-0.39, 0.29) is 17.8 Å². The summed E-state index contributed by atoms with van der Waals surface area (Å²) in [4.78, 5) is 27.4. The second kappa shape index (κ2) is 7.73. The van der Waals surface area contributed by atoms with E-state index in [1.54, 1.807) is 0 Å². The number of fused-ring (bicyclic) bond motifs is 1. The first-order valence-corrected chi connectivity index (χ1v) is 9.21. The number of hydrogen-bond donors (Lipinski definition) is 5. The molecule has 0 bridgehead atoms. The predicted octanol–water partition coefficient (Wildman–Crippen LogP) is -3.15. The maximum Gasteiger partial charge on any atom is 0.278 e. The number of aliphatic hydroxyl groups excluding tert-OH is 4. The number of hydrogen-bond acceptors (Lipinski definition) is 10. The number of rotatable bonds is 5. The van der Waals surface area contributed by atoms with Crippen LogP contribution in [0.4, 0.5) is 5.95 Å². The molecular formula is C16H24N6O6. The highest BCUT2D eigenvalue weighted by Crippen LogP contribution is 2.35. The van der Waals surface area contributed by atoms with Crippen molar-refractivity contribution in [3.05, 3.63) is 16.7 Å². The number of H-pyrrole nitrogens is 1. The van der Waals surface area contributed by atoms with Crippen LogP contribution < -0.4 is 10.5 Å². The molecule has 2 fully saturated rings. The maximum absolute atomic E-state index is 12.2. The molecule has 0 aliphatic carbocycles. The minimum atomic E-state index is -1.31. The largest absolute Gasteiger partial charge is 0.395 e. The Balaban J connectivity index is 1.74. The van der Waals surface area contributed by atoms with Crippen LogP contribution in [0, 0.1) is 0 Å². The molecule has 2 aromatic heterocycles. The third-order valence-electron chi connectivity index (χ3n) is 5.31. The van der Waals surface area contributed by atoms with Gasteiger partial charge in [0.1, 0.15) is 18.3 Å². The maximum atomic E-state index is 12.2. The standard InChI is InChI=1S/C16H24N6O6/c23-6-5-20-1-3-21(4-2-20)16-19-10-13(17-8-18-14(10)27)22(16)15-12(26)11(25)9(7-24)28-15/h8-9,11-12,15,23-26H,1-7H2,(H,17,18,27). The number of nitrogens with zero attached hydrogens (tertiary/aromatic N) is 5. The van der Waals surface area contributed by atoms with E-state index >= 15 is 0 Å². The molecule has 4 atom stereocenters. The highest BCUT2D eigenvalue weighted by Gasteiger charge is 2.45. The summed E-state index contributed by atoms with van der Waals surface area (Å²) >= 11 is 0. The van der Waals surface area contributed by atoms with Gasteiger partial charge in [-0.05, 0) is 0 Å². The van der Waals surface area contributed by atoms with E-state index in [0.29, 0.717) is 38.7 Å². The minimum absolute atomic E-state index is 0.0837. The number of aromatic nitrogens is 4. The SMILES string of the molecule is O=c1[nH]cnc2c1nc(N1CCN(CCO)CC1)n2C1OC(CO)C(O)C1O. The lowest BCUT2D eigenvalue weighted by Crippen LogP contribution is -2.48. The first-order valence-electron chi connectivity index (χ1n) is 9.21. The molecule has 0 radical (unpaired) electrons. The number of β-amino-alcohol motifs (C(OH)–C–C–N with tert-alkyl or cyclic N) is 1. The summed E-state index contributed by atoms with van der Waals surface area (Å²) in [6, 6.07) is 0. The van der Waals surface area contributed by atoms with E-state index in [1.165, 1.54) is 10.9 Å². The lowest BCUT2D eigenvalue weighted by molar-refractivity contribution is -0.0505. The van der Waals surface area contributed by atoms with E-state index in [4.69, 9.17) is 9.84 Å². The molecule has 2 aromatic rings. The van der Waals surface area contributed by atoms with E-state index in [2.05, 4.69) is 19.9 Å². The van der Waals surface area contributed by atoms with Gasteiger partial charge in [0.05, 0.1) is 19.5 Å². The fraction of sp³-hybridized carbons (Fsp3) is 0.688. The predicted molar refractivity (Wildman–Crippen MR) is 96.9 cm³/mol. The second-order valence-corrected chi connectivity index (χ2v) is 6.97. The van der Waals surface area contributed by atoms with Gasteiger partial charge in [-0.3, -0.25) is 14.3 Å². The third kappa shape index (κ3) is 3.17. The van der Waals surface area contributed by atoms with Gasteiger partial charge in [-0.1, -0.05) is 0 Å². The van der Waals surface area contributed by atoms with Crippen molar-refractivity contribution in [3.63, 3.8) is 0 Å². The van der Waals surface area contributed by atoms with E-state index in [1.807, 2.05) is 4.90 Å². The Morgan fingerprint density at radius 1 is 1.18 bits per heavy atom. The summed E-state index contributed by atoms with van der Waals surface area (Å²) in [5.41, 5.74) is -0.0879. The van der Waals surface area contributed by atoms with Gasteiger partial charge in [0.15, 0.2) is 17.4 Å². The van der Waals surface area contributed by atoms with Crippen molar-refractivity contribution in [3.8, 4) is 0 Å². The molecule has 0 aromatic carbocycles. The van der Waals surface area contributed by atoms with Crippen LogP contribution in [0.15, 0.2) is 11.1 Å². The third-order valence-corrected chi connectivity index (χ3v) is 5.31. The molecular weight excluding hydrogens is 372 g/mol. The Labute approximate surface area is 159 Å². The van der Waals surface area contributed by atoms with Crippen LogP contribution in [0.2, 0.25) is 0 Å². The van der Waals surface area contributed by atoms with Crippen molar-refractivity contribution in [2.24, 2.45) is 0 Å². The second-order valence-electron chi connectivity index (χ2n) is 6.97. The average molecular weight is 396 g/mol. The Bertz CT molecular complexity index is 878. The van der Waals surface area contributed by atoms with Crippen LogP contribution in [0.5, 0.6) is 0 Å². The number of nitrogens with one attached hydrogen (secondary N) is 1. The van der Waals surface area contributed by atoms with E-state index in [0.717, 1.165) is 0 Å². The number of imidazole rings is 1. The molecule has 0 saturated carbocycles. The quantitative estimate of drug-likeness (QED) is 0.349. The number of anilines is 1. The smallest absolute Gasteiger partial charge is 0.278 e. The summed E-state index contributed by atoms with van der Waals surface area (Å²) in [6.07, 6.45) is -3.34. The number of ether oxygens (including phenoxy) is 1. The zero-order valence-corrected chi connectivity index (χ0v) is 15.2. The molecule has 154 valence electrons. The first kappa shape index (κ1) is 19.2. The summed E-state index contributed by atoms with van der Waals surface area (Å²) in [6.45, 7) is 2.80. The molecule has 12 heteroatoms. The summed E-state index contributed by atoms with van der Waals surface area (Å²) in [5, 5.41) is 39.1. The molecule has 12 nitrogen and oxygen atoms in total. The summed E-state index contributed by atoms with van der Waals surface area (Å²) in [5.74, 6) is 0.401. The minimum Gasteiger partial charge on any atom is -0.395 e. The van der Waals surface area contributed by atoms with Crippen molar-refractivity contribution in [1.82, 2.24) is 24.4 Å². The molecule has 4 unspecified atom stereocenters. The van der Waals surface area contributed by atoms with Crippen LogP contribution >= 0.6 is 0 Å². The van der Waals surface area contributed by atoms with Crippen LogP contribution in [-0.2, 0) is 4.74 Å². The van der Waals surface area contributed by atoms with Crippen molar-refractivity contribution in [2.75, 3.05) is 50.8 Å². The Morgan fingerprint density at radius 2 is 1.93 bits per heavy atom. The van der Waals surface area contributed by atoms with Crippen LogP contribution in [0.3, 0.4) is 0 Å². The Hall–Kier alpha value is -2.09. The van der Waals surface area contributed by atoms with Gasteiger partial charge in [-0.25, -0.2) is 9.97 Å². The number of aromatic amines is 1. The van der Waals surface area contributed by atoms with Gasteiger partial charge in [-0.15, -0.1) is 0 Å². The van der Waals surface area contributed by atoms with Gasteiger partial charge in [0.2, 0.25) is 5.95 Å². The normalized spacial score (nSPS) is 29.1. The summed E-state index contributed by atoms with van der Waals surface area (Å²) < 4.78 is 7.18. The van der Waals surface area contributed by atoms with Gasteiger partial charge in [-0.2, -0.15) is 0 Å². The topological polar surface area (TPSA) is 160 Å². The molecule has 0 spiro atoms. The molecule has 4 heterocycles. The van der Waals surface area contributed by atoms with Crippen molar-refractivity contribution in [2.45, 2.75) is 24.5 Å². The van der Waals surface area contributed by atoms with Crippen LogP contribution in [0.25, 0.3) is 11.2 Å². The Kier molecular flexibility index (Phi) is 5.31. The van der Waals surface area contributed by atoms with Crippen molar-refractivity contribution in [1.29, 1.82) is 0 Å². The molecule has 2 saturated heterocycles. The monoisotopic (exact) mass is 396 g/mol. The Morgan fingerprint density at radius 3 is 2.57 bits per heavy atom. The van der Waals surface area contributed by atoms with E-state index in [9.17, 15) is 20.1 Å². The lowest BCUT2D eigenvalue weighted by atomic mass is 10.1. The molecule has 2 aliphatic heterocycles. The van der Waals surface area contributed by atoms with Gasteiger partial charge >= 0.3 is 0 Å². The molecule has 2 aliphatic rings. The lowest BCUT2D eigenvalue weighted by Gasteiger charge is -2.35. The number of piperazine rings is 1. The fourth-order valence-electron chi connectivity index (χ4n) is 3.77. The van der Waals surface area contributed by atoms with Gasteiger partial charge < -0.3 is 35.0 Å². The van der Waals surface area contributed by atoms with Crippen LogP contribution in [-0.4, -0.2) is 109 Å². The van der Waals surface area contributed by atoms with Crippen molar-refractivity contribution < 1.29 is 25.2 Å². The average Bonchev–Trinajstić information content (AvgIpc) is 3.22. The number of aliphatic hydroxyl groups is 4. The van der Waals surface area contributed by atoms with Gasteiger partial charge in [0.25, 0.3) is 5.56 Å². The zero-order valence-electron chi connectivity index (χ0n) is 15.2. The molecule has 0 amide bonds.